The van der Waals surface area contributed by atoms with Crippen LogP contribution in [0.15, 0.2) is 30.4 Å². The number of fused-ring (bicyclic) bond motifs is 3. The summed E-state index contributed by atoms with van der Waals surface area (Å²) in [7, 11) is 0. The van der Waals surface area contributed by atoms with Crippen LogP contribution >= 0.6 is 0 Å². The van der Waals surface area contributed by atoms with E-state index in [-0.39, 0.29) is 0 Å². The van der Waals surface area contributed by atoms with Crippen LogP contribution in [0.4, 0.5) is 5.82 Å². The molecule has 116 valence electrons. The maximum Gasteiger partial charge on any atom is 0.158 e. The quantitative estimate of drug-likeness (QED) is 0.671. The molecule has 23 heavy (non-hydrogen) atoms. The summed E-state index contributed by atoms with van der Waals surface area (Å²) >= 11 is 0. The third-order valence-electron chi connectivity index (χ3n) is 4.82. The Hall–Kier alpha value is -2.62. The van der Waals surface area contributed by atoms with E-state index in [0.29, 0.717) is 5.82 Å². The molecular formula is C19H20N4. The number of aromatic nitrogens is 3. The van der Waals surface area contributed by atoms with Gasteiger partial charge in [0.25, 0.3) is 0 Å². The number of rotatable bonds is 1. The fourth-order valence-electron chi connectivity index (χ4n) is 3.70. The molecule has 0 saturated carbocycles. The molecule has 3 N–H and O–H groups in total. The van der Waals surface area contributed by atoms with Gasteiger partial charge in [-0.25, -0.2) is 4.98 Å². The number of nitrogens with two attached hydrogens (primary N) is 1. The Morgan fingerprint density at radius 3 is 2.61 bits per heavy atom. The predicted octanol–water partition coefficient (Wildman–Crippen LogP) is 3.87. The van der Waals surface area contributed by atoms with Crippen LogP contribution in [-0.2, 0) is 12.8 Å². The van der Waals surface area contributed by atoms with Crippen molar-refractivity contribution in [1.82, 2.24) is 15.2 Å². The largest absolute Gasteiger partial charge is 0.382 e. The molecule has 1 aliphatic carbocycles. The molecule has 0 bridgehead atoms. The van der Waals surface area contributed by atoms with Gasteiger partial charge in [0.05, 0.1) is 11.1 Å². The molecule has 4 rings (SSSR count). The van der Waals surface area contributed by atoms with E-state index in [9.17, 15) is 0 Å². The minimum absolute atomic E-state index is 0.534. The highest BCUT2D eigenvalue weighted by Gasteiger charge is 2.24. The van der Waals surface area contributed by atoms with Crippen molar-refractivity contribution in [2.24, 2.45) is 0 Å². The molecule has 2 aromatic heterocycles. The van der Waals surface area contributed by atoms with Crippen molar-refractivity contribution >= 4 is 16.9 Å². The molecule has 2 heterocycles. The van der Waals surface area contributed by atoms with Crippen LogP contribution in [0.1, 0.15) is 28.7 Å². The van der Waals surface area contributed by atoms with Crippen molar-refractivity contribution in [2.75, 3.05) is 5.73 Å². The number of nitrogen functional groups attached to an aromatic ring is 1. The Bertz CT molecular complexity index is 929. The average molecular weight is 304 g/mol. The minimum atomic E-state index is 0.534. The Labute approximate surface area is 135 Å². The number of hydrogen-bond acceptors (Lipinski definition) is 3. The highest BCUT2D eigenvalue weighted by Crippen LogP contribution is 2.39. The van der Waals surface area contributed by atoms with E-state index in [0.717, 1.165) is 36.0 Å². The molecule has 0 unspecified atom stereocenters. The lowest BCUT2D eigenvalue weighted by molar-refractivity contribution is 0.843. The number of hydrogen-bond donors (Lipinski definition) is 2. The molecule has 1 aliphatic rings. The van der Waals surface area contributed by atoms with Crippen molar-refractivity contribution in [2.45, 2.75) is 33.1 Å². The van der Waals surface area contributed by atoms with Crippen LogP contribution in [0.3, 0.4) is 0 Å². The maximum atomic E-state index is 6.08. The standard InChI is InChI=1S/C19H20N4/c1-10-7-8-13-14(9-10)16-18(20)22-23-19(16)21-17(13)15-11(2)5-4-6-12(15)3/h4-6H,1,7-9H2,2-3H3,(H3,20,21,22,23). The van der Waals surface area contributed by atoms with Gasteiger partial charge < -0.3 is 5.73 Å². The summed E-state index contributed by atoms with van der Waals surface area (Å²) < 4.78 is 0. The van der Waals surface area contributed by atoms with Gasteiger partial charge in [0.2, 0.25) is 0 Å². The molecule has 0 aliphatic heterocycles. The first-order valence-electron chi connectivity index (χ1n) is 7.94. The monoisotopic (exact) mass is 304 g/mol. The van der Waals surface area contributed by atoms with E-state index in [4.69, 9.17) is 10.7 Å². The number of pyridine rings is 1. The number of nitrogens with zero attached hydrogens (tertiary/aromatic N) is 2. The lowest BCUT2D eigenvalue weighted by atomic mass is 9.83. The van der Waals surface area contributed by atoms with E-state index >= 15 is 0 Å². The van der Waals surface area contributed by atoms with Crippen molar-refractivity contribution in [1.29, 1.82) is 0 Å². The summed E-state index contributed by atoms with van der Waals surface area (Å²) in [6, 6.07) is 6.38. The van der Waals surface area contributed by atoms with Crippen molar-refractivity contribution in [3.8, 4) is 11.3 Å². The van der Waals surface area contributed by atoms with Crippen LogP contribution in [0, 0.1) is 13.8 Å². The van der Waals surface area contributed by atoms with E-state index in [1.54, 1.807) is 0 Å². The summed E-state index contributed by atoms with van der Waals surface area (Å²) in [4.78, 5) is 4.90. The van der Waals surface area contributed by atoms with Crippen molar-refractivity contribution < 1.29 is 0 Å². The van der Waals surface area contributed by atoms with E-state index in [2.05, 4.69) is 48.8 Å². The smallest absolute Gasteiger partial charge is 0.158 e. The van der Waals surface area contributed by atoms with Gasteiger partial charge in [-0.3, -0.25) is 5.10 Å². The van der Waals surface area contributed by atoms with Crippen molar-refractivity contribution in [3.63, 3.8) is 0 Å². The third-order valence-corrected chi connectivity index (χ3v) is 4.82. The number of H-pyrrole nitrogens is 1. The normalized spacial score (nSPS) is 14.3. The van der Waals surface area contributed by atoms with Crippen LogP contribution in [0.25, 0.3) is 22.3 Å². The Kier molecular flexibility index (Phi) is 3.01. The van der Waals surface area contributed by atoms with Crippen LogP contribution in [0.5, 0.6) is 0 Å². The van der Waals surface area contributed by atoms with Gasteiger partial charge in [-0.05, 0) is 55.4 Å². The van der Waals surface area contributed by atoms with E-state index < -0.39 is 0 Å². The second-order valence-corrected chi connectivity index (χ2v) is 6.44. The third kappa shape index (κ3) is 2.05. The molecule has 0 saturated heterocycles. The van der Waals surface area contributed by atoms with Gasteiger partial charge in [-0.1, -0.05) is 30.4 Å². The second-order valence-electron chi connectivity index (χ2n) is 6.44. The highest BCUT2D eigenvalue weighted by molar-refractivity contribution is 5.93. The zero-order chi connectivity index (χ0) is 16.1. The molecule has 4 nitrogen and oxygen atoms in total. The first-order valence-corrected chi connectivity index (χ1v) is 7.94. The van der Waals surface area contributed by atoms with Gasteiger partial charge in [0.1, 0.15) is 0 Å². The molecule has 0 atom stereocenters. The van der Waals surface area contributed by atoms with Gasteiger partial charge in [-0.15, -0.1) is 0 Å². The zero-order valence-electron chi connectivity index (χ0n) is 13.5. The first-order chi connectivity index (χ1) is 11.1. The van der Waals surface area contributed by atoms with E-state index in [1.165, 1.54) is 33.4 Å². The average Bonchev–Trinajstić information content (AvgIpc) is 2.88. The molecule has 1 aromatic carbocycles. The second kappa shape index (κ2) is 4.95. The summed E-state index contributed by atoms with van der Waals surface area (Å²) in [5.41, 5.74) is 15.4. The Morgan fingerprint density at radius 2 is 1.87 bits per heavy atom. The molecule has 0 radical (unpaired) electrons. The number of benzene rings is 1. The molecule has 3 aromatic rings. The van der Waals surface area contributed by atoms with Gasteiger partial charge in [-0.2, -0.15) is 5.10 Å². The number of allylic oxidation sites excluding steroid dienone is 1. The number of anilines is 1. The van der Waals surface area contributed by atoms with E-state index in [1.807, 2.05) is 0 Å². The van der Waals surface area contributed by atoms with Crippen LogP contribution in [0.2, 0.25) is 0 Å². The minimum Gasteiger partial charge on any atom is -0.382 e. The summed E-state index contributed by atoms with van der Waals surface area (Å²) in [6.45, 7) is 8.46. The van der Waals surface area contributed by atoms with Gasteiger partial charge in [0.15, 0.2) is 11.5 Å². The van der Waals surface area contributed by atoms with Gasteiger partial charge >= 0.3 is 0 Å². The number of aromatic amines is 1. The molecule has 4 heteroatoms. The lowest BCUT2D eigenvalue weighted by Crippen LogP contribution is -2.10. The molecule has 0 spiro atoms. The highest BCUT2D eigenvalue weighted by atomic mass is 15.2. The fourth-order valence-corrected chi connectivity index (χ4v) is 3.70. The molecular weight excluding hydrogens is 284 g/mol. The zero-order valence-corrected chi connectivity index (χ0v) is 13.5. The first kappa shape index (κ1) is 14.0. The van der Waals surface area contributed by atoms with Gasteiger partial charge in [0, 0.05) is 5.56 Å². The fraction of sp³-hybridized carbons (Fsp3) is 0.263. The topological polar surface area (TPSA) is 67.6 Å². The van der Waals surface area contributed by atoms with Crippen molar-refractivity contribution in [3.05, 3.63) is 52.6 Å². The van der Waals surface area contributed by atoms with Crippen LogP contribution in [-0.4, -0.2) is 15.2 Å². The Balaban J connectivity index is 2.11. The maximum absolute atomic E-state index is 6.08. The number of nitrogens with one attached hydrogen (secondary N) is 1. The molecule has 0 fully saturated rings. The number of aryl methyl sites for hydroxylation is 2. The van der Waals surface area contributed by atoms with Crippen LogP contribution < -0.4 is 5.73 Å². The molecule has 0 amide bonds. The summed E-state index contributed by atoms with van der Waals surface area (Å²) in [6.07, 6.45) is 2.83. The summed E-state index contributed by atoms with van der Waals surface area (Å²) in [5, 5.41) is 8.12. The predicted molar refractivity (Wildman–Crippen MR) is 94.4 cm³/mol. The lowest BCUT2D eigenvalue weighted by Gasteiger charge is -2.23. The Morgan fingerprint density at radius 1 is 1.13 bits per heavy atom. The summed E-state index contributed by atoms with van der Waals surface area (Å²) in [5.74, 6) is 0.534. The SMILES string of the molecule is C=C1CCc2c(-c3c(C)cccc3C)nc3[nH]nc(N)c3c2C1.